The Kier molecular flexibility index (Phi) is 4.60. The predicted molar refractivity (Wildman–Crippen MR) is 47.5 cm³/mol. The average molecular weight is 198 g/mol. The summed E-state index contributed by atoms with van der Waals surface area (Å²) < 4.78 is 10.3. The second-order valence-electron chi connectivity index (χ2n) is 2.74. The molecule has 14 heavy (non-hydrogen) atoms. The average Bonchev–Trinajstić information content (AvgIpc) is 3.00. The van der Waals surface area contributed by atoms with E-state index in [0.717, 1.165) is 0 Å². The Morgan fingerprint density at radius 3 is 2.36 bits per heavy atom. The van der Waals surface area contributed by atoms with Crippen molar-refractivity contribution in [3.63, 3.8) is 0 Å². The van der Waals surface area contributed by atoms with Gasteiger partial charge in [0.2, 0.25) is 0 Å². The summed E-state index contributed by atoms with van der Waals surface area (Å²) in [4.78, 5) is 5.21. The van der Waals surface area contributed by atoms with Gasteiger partial charge in [-0.1, -0.05) is 10.2 Å². The van der Waals surface area contributed by atoms with Gasteiger partial charge in [0.05, 0.1) is 32.4 Å². The van der Waals surface area contributed by atoms with E-state index in [2.05, 4.69) is 20.1 Å². The van der Waals surface area contributed by atoms with Crippen LogP contribution in [0, 0.1) is 0 Å². The Morgan fingerprint density at radius 1 is 1.36 bits per heavy atom. The number of hydrogen-bond donors (Lipinski definition) is 0. The molecule has 0 radical (unpaired) electrons. The van der Waals surface area contributed by atoms with Gasteiger partial charge in [-0.05, 0) is 11.1 Å². The van der Waals surface area contributed by atoms with Gasteiger partial charge in [0.15, 0.2) is 0 Å². The lowest BCUT2D eigenvalue weighted by Crippen LogP contribution is -2.22. The fraction of sp³-hybridized carbons (Fsp3) is 1.00. The van der Waals surface area contributed by atoms with Crippen LogP contribution in [0.1, 0.15) is 0 Å². The summed E-state index contributed by atoms with van der Waals surface area (Å²) in [5.74, 6) is 0. The lowest BCUT2D eigenvalue weighted by Gasteiger charge is -2.11. The largest absolute Gasteiger partial charge is 0.375 e. The van der Waals surface area contributed by atoms with Gasteiger partial charge in [-0.3, -0.25) is 0 Å². The minimum atomic E-state index is -0.356. The third-order valence-corrected chi connectivity index (χ3v) is 1.62. The van der Waals surface area contributed by atoms with Crippen molar-refractivity contribution >= 4 is 0 Å². The Bertz CT molecular complexity index is 245. The molecule has 1 atom stereocenters. The number of epoxide rings is 1. The first-order chi connectivity index (χ1) is 6.86. The summed E-state index contributed by atoms with van der Waals surface area (Å²) in [6.45, 7) is 1.49. The zero-order chi connectivity index (χ0) is 10.2. The standard InChI is InChI=1S/C6H10N6O2/c7-11-9-1-5(2-10-12-8)13-3-6-4-14-6/h5-6H,1-4H2. The molecule has 8 heteroatoms. The van der Waals surface area contributed by atoms with Crippen LogP contribution < -0.4 is 0 Å². The van der Waals surface area contributed by atoms with E-state index in [9.17, 15) is 0 Å². The maximum Gasteiger partial charge on any atom is 0.104 e. The fourth-order valence-electron chi connectivity index (χ4n) is 0.826. The molecule has 1 saturated heterocycles. The van der Waals surface area contributed by atoms with E-state index < -0.39 is 0 Å². The van der Waals surface area contributed by atoms with E-state index in [-0.39, 0.29) is 25.3 Å². The molecule has 1 unspecified atom stereocenters. The third-order valence-electron chi connectivity index (χ3n) is 1.62. The molecule has 1 fully saturated rings. The number of nitrogens with zero attached hydrogens (tertiary/aromatic N) is 6. The molecule has 0 aliphatic carbocycles. The number of azide groups is 2. The molecule has 1 aliphatic heterocycles. The fourth-order valence-corrected chi connectivity index (χ4v) is 0.826. The van der Waals surface area contributed by atoms with E-state index in [0.29, 0.717) is 13.2 Å². The predicted octanol–water partition coefficient (Wildman–Crippen LogP) is 1.39. The molecular weight excluding hydrogens is 188 g/mol. The molecule has 8 nitrogen and oxygen atoms in total. The molecule has 76 valence electrons. The summed E-state index contributed by atoms with van der Waals surface area (Å²) in [5, 5.41) is 6.71. The van der Waals surface area contributed by atoms with Gasteiger partial charge in [-0.25, -0.2) is 0 Å². The Hall–Kier alpha value is -1.46. The minimum Gasteiger partial charge on any atom is -0.375 e. The quantitative estimate of drug-likeness (QED) is 0.266. The number of rotatable bonds is 7. The molecule has 0 amide bonds. The van der Waals surface area contributed by atoms with Crippen molar-refractivity contribution in [3.05, 3.63) is 20.9 Å². The lowest BCUT2D eigenvalue weighted by molar-refractivity contribution is 0.0538. The van der Waals surface area contributed by atoms with Crippen molar-refractivity contribution in [1.29, 1.82) is 0 Å². The van der Waals surface area contributed by atoms with Gasteiger partial charge >= 0.3 is 0 Å². The minimum absolute atomic E-state index is 0.148. The molecule has 1 aliphatic rings. The summed E-state index contributed by atoms with van der Waals surface area (Å²) in [5.41, 5.74) is 16.2. The SMILES string of the molecule is [N-]=[N+]=NCC(CN=[N+]=[N-])OCC1CO1. The second-order valence-corrected chi connectivity index (χ2v) is 2.74. The summed E-state index contributed by atoms with van der Waals surface area (Å²) in [6.07, 6.45) is -0.208. The first-order valence-electron chi connectivity index (χ1n) is 4.11. The molecule has 0 bridgehead atoms. The zero-order valence-corrected chi connectivity index (χ0v) is 7.48. The first-order valence-corrected chi connectivity index (χ1v) is 4.11. The van der Waals surface area contributed by atoms with Crippen LogP contribution in [0.2, 0.25) is 0 Å². The highest BCUT2D eigenvalue weighted by atomic mass is 16.6. The number of hydrogen-bond acceptors (Lipinski definition) is 4. The molecule has 0 aromatic carbocycles. The van der Waals surface area contributed by atoms with E-state index in [4.69, 9.17) is 20.5 Å². The van der Waals surface area contributed by atoms with E-state index in [1.54, 1.807) is 0 Å². The van der Waals surface area contributed by atoms with Crippen LogP contribution >= 0.6 is 0 Å². The third kappa shape index (κ3) is 4.54. The van der Waals surface area contributed by atoms with Gasteiger partial charge in [-0.2, -0.15) is 0 Å². The van der Waals surface area contributed by atoms with Crippen molar-refractivity contribution < 1.29 is 9.47 Å². The van der Waals surface area contributed by atoms with Gasteiger partial charge in [0, 0.05) is 9.82 Å². The van der Waals surface area contributed by atoms with Crippen molar-refractivity contribution in [2.45, 2.75) is 12.2 Å². The summed E-state index contributed by atoms with van der Waals surface area (Å²) in [7, 11) is 0. The molecule has 1 rings (SSSR count). The molecule has 1 heterocycles. The van der Waals surface area contributed by atoms with Crippen LogP contribution in [0.5, 0.6) is 0 Å². The molecular formula is C6H10N6O2. The Labute approximate surface area is 80.1 Å². The van der Waals surface area contributed by atoms with Crippen molar-refractivity contribution in [3.8, 4) is 0 Å². The summed E-state index contributed by atoms with van der Waals surface area (Å²) in [6, 6.07) is 0. The van der Waals surface area contributed by atoms with Crippen LogP contribution in [0.25, 0.3) is 20.9 Å². The van der Waals surface area contributed by atoms with Crippen LogP contribution in [-0.2, 0) is 9.47 Å². The van der Waals surface area contributed by atoms with Gasteiger partial charge in [-0.15, -0.1) is 0 Å². The van der Waals surface area contributed by atoms with Crippen molar-refractivity contribution in [2.24, 2.45) is 10.2 Å². The normalized spacial score (nSPS) is 20.4. The van der Waals surface area contributed by atoms with Crippen LogP contribution in [0.15, 0.2) is 10.2 Å². The van der Waals surface area contributed by atoms with Crippen LogP contribution in [0.3, 0.4) is 0 Å². The Balaban J connectivity index is 2.24. The molecule has 0 aromatic rings. The highest BCUT2D eigenvalue weighted by molar-refractivity contribution is 4.71. The second kappa shape index (κ2) is 6.06. The van der Waals surface area contributed by atoms with Gasteiger partial charge in [0.25, 0.3) is 0 Å². The monoisotopic (exact) mass is 198 g/mol. The van der Waals surface area contributed by atoms with Crippen LogP contribution in [0.4, 0.5) is 0 Å². The highest BCUT2D eigenvalue weighted by Crippen LogP contribution is 2.10. The van der Waals surface area contributed by atoms with Crippen molar-refractivity contribution in [2.75, 3.05) is 26.3 Å². The Morgan fingerprint density at radius 2 is 1.93 bits per heavy atom. The van der Waals surface area contributed by atoms with E-state index >= 15 is 0 Å². The molecule has 0 aromatic heterocycles. The zero-order valence-electron chi connectivity index (χ0n) is 7.48. The highest BCUT2D eigenvalue weighted by Gasteiger charge is 2.23. The number of ether oxygens (including phenoxy) is 2. The molecule has 0 spiro atoms. The summed E-state index contributed by atoms with van der Waals surface area (Å²) >= 11 is 0. The van der Waals surface area contributed by atoms with Gasteiger partial charge < -0.3 is 9.47 Å². The lowest BCUT2D eigenvalue weighted by atomic mass is 10.3. The maximum absolute atomic E-state index is 8.10. The van der Waals surface area contributed by atoms with Gasteiger partial charge in [0.1, 0.15) is 6.10 Å². The van der Waals surface area contributed by atoms with Crippen LogP contribution in [-0.4, -0.2) is 38.5 Å². The maximum atomic E-state index is 8.10. The van der Waals surface area contributed by atoms with E-state index in [1.807, 2.05) is 0 Å². The molecule has 0 N–H and O–H groups in total. The van der Waals surface area contributed by atoms with E-state index in [1.165, 1.54) is 0 Å². The molecule has 0 saturated carbocycles. The topological polar surface area (TPSA) is 119 Å². The smallest absolute Gasteiger partial charge is 0.104 e. The first kappa shape index (κ1) is 10.6. The van der Waals surface area contributed by atoms with Crippen molar-refractivity contribution in [1.82, 2.24) is 0 Å².